The third-order valence-corrected chi connectivity index (χ3v) is 5.15. The first kappa shape index (κ1) is 19.2. The lowest BCUT2D eigenvalue weighted by Crippen LogP contribution is -2.21. The fourth-order valence-corrected chi connectivity index (χ4v) is 3.65. The Morgan fingerprint density at radius 1 is 1.38 bits per heavy atom. The average molecular weight is 395 g/mol. The predicted molar refractivity (Wildman–Crippen MR) is 111 cm³/mol. The van der Waals surface area contributed by atoms with Gasteiger partial charge in [-0.2, -0.15) is 5.10 Å². The number of nitrogens with one attached hydrogen (secondary N) is 1. The molecular weight excluding hydrogens is 370 g/mol. The number of anilines is 1. The van der Waals surface area contributed by atoms with Crippen molar-refractivity contribution < 1.29 is 14.6 Å². The Kier molecular flexibility index (Phi) is 5.35. The lowest BCUT2D eigenvalue weighted by molar-refractivity contribution is 0.0922. The van der Waals surface area contributed by atoms with Crippen molar-refractivity contribution in [1.29, 1.82) is 0 Å². The van der Waals surface area contributed by atoms with E-state index in [4.69, 9.17) is 9.47 Å². The monoisotopic (exact) mass is 395 g/mol. The summed E-state index contributed by atoms with van der Waals surface area (Å²) >= 11 is 0. The summed E-state index contributed by atoms with van der Waals surface area (Å²) in [6.45, 7) is 7.65. The van der Waals surface area contributed by atoms with Crippen molar-refractivity contribution in [2.24, 2.45) is 5.92 Å². The molecule has 0 spiro atoms. The number of aromatic amines is 1. The van der Waals surface area contributed by atoms with Crippen LogP contribution in [0.15, 0.2) is 42.9 Å². The maximum Gasteiger partial charge on any atom is 0.132 e. The first-order chi connectivity index (χ1) is 14.0. The molecule has 2 aromatic heterocycles. The molecular formula is C21H25N5O3. The van der Waals surface area contributed by atoms with Crippen LogP contribution in [0.1, 0.15) is 13.3 Å². The molecule has 0 radical (unpaired) electrons. The highest BCUT2D eigenvalue weighted by molar-refractivity contribution is 5.93. The quantitative estimate of drug-likeness (QED) is 0.592. The molecule has 1 aliphatic heterocycles. The van der Waals surface area contributed by atoms with Gasteiger partial charge in [0.2, 0.25) is 0 Å². The van der Waals surface area contributed by atoms with E-state index in [0.717, 1.165) is 46.8 Å². The molecule has 3 heterocycles. The number of aliphatic hydroxyl groups excluding tert-OH is 1. The summed E-state index contributed by atoms with van der Waals surface area (Å²) in [7, 11) is 1.66. The minimum Gasteiger partial charge on any atom is -0.513 e. The average Bonchev–Trinajstić information content (AvgIpc) is 3.36. The maximum atomic E-state index is 9.67. The highest BCUT2D eigenvalue weighted by Crippen LogP contribution is 2.31. The second-order valence-corrected chi connectivity index (χ2v) is 7.35. The molecule has 0 bridgehead atoms. The maximum absolute atomic E-state index is 9.67. The number of hydrogen-bond donors (Lipinski definition) is 2. The van der Waals surface area contributed by atoms with E-state index < -0.39 is 0 Å². The van der Waals surface area contributed by atoms with Crippen LogP contribution in [0.5, 0.6) is 5.75 Å². The number of rotatable bonds is 7. The summed E-state index contributed by atoms with van der Waals surface area (Å²) in [6.07, 6.45) is 2.36. The molecule has 2 atom stereocenters. The molecule has 2 N–H and O–H groups in total. The van der Waals surface area contributed by atoms with Crippen LogP contribution in [0.2, 0.25) is 0 Å². The van der Waals surface area contributed by atoms with Gasteiger partial charge in [-0.1, -0.05) is 6.58 Å². The zero-order valence-corrected chi connectivity index (χ0v) is 16.6. The molecule has 1 aliphatic rings. The normalized spacial score (nSPS) is 17.6. The lowest BCUT2D eigenvalue weighted by atomic mass is 10.1. The zero-order valence-electron chi connectivity index (χ0n) is 16.6. The molecule has 0 amide bonds. The highest BCUT2D eigenvalue weighted by Gasteiger charge is 2.26. The minimum atomic E-state index is -0.0529. The van der Waals surface area contributed by atoms with E-state index in [2.05, 4.69) is 31.6 Å². The molecule has 3 aromatic rings. The summed E-state index contributed by atoms with van der Waals surface area (Å²) in [5, 5.41) is 18.1. The number of nitrogens with zero attached hydrogens (tertiary/aromatic N) is 4. The Balaban J connectivity index is 1.62. The number of hydrogen-bond acceptors (Lipinski definition) is 7. The van der Waals surface area contributed by atoms with Crippen molar-refractivity contribution >= 4 is 16.7 Å². The second-order valence-electron chi connectivity index (χ2n) is 7.35. The highest BCUT2D eigenvalue weighted by atomic mass is 16.5. The summed E-state index contributed by atoms with van der Waals surface area (Å²) in [6, 6.07) is 7.75. The van der Waals surface area contributed by atoms with Crippen molar-refractivity contribution in [3.8, 4) is 17.1 Å². The van der Waals surface area contributed by atoms with Gasteiger partial charge in [-0.05, 0) is 31.5 Å². The van der Waals surface area contributed by atoms with Gasteiger partial charge in [-0.25, -0.2) is 9.97 Å². The van der Waals surface area contributed by atoms with E-state index in [9.17, 15) is 5.11 Å². The number of benzene rings is 1. The van der Waals surface area contributed by atoms with Crippen LogP contribution in [0.3, 0.4) is 0 Å². The molecule has 8 heteroatoms. The first-order valence-corrected chi connectivity index (χ1v) is 9.64. The zero-order chi connectivity index (χ0) is 20.4. The topological polar surface area (TPSA) is 96.4 Å². The second kappa shape index (κ2) is 8.08. The van der Waals surface area contributed by atoms with Crippen molar-refractivity contribution in [2.75, 3.05) is 31.7 Å². The van der Waals surface area contributed by atoms with Crippen LogP contribution in [0.25, 0.3) is 22.3 Å². The standard InChI is InChI=1S/C21H25N5O3/c1-13(11-28-3)29-16-4-5-18-17(8-16)21(25-24-18)19-9-20(23-12-22-19)26-7-6-15(10-26)14(2)27/h4-5,8-9,12-13,15,27H,2,6-7,10-11H2,1,3H3,(H,24,25)/t13-,15-/m0/s1. The number of ether oxygens (including phenoxy) is 2. The van der Waals surface area contributed by atoms with E-state index in [-0.39, 0.29) is 17.8 Å². The first-order valence-electron chi connectivity index (χ1n) is 9.64. The summed E-state index contributed by atoms with van der Waals surface area (Å²) in [5.41, 5.74) is 2.38. The van der Waals surface area contributed by atoms with E-state index >= 15 is 0 Å². The third kappa shape index (κ3) is 4.02. The number of fused-ring (bicyclic) bond motifs is 1. The fourth-order valence-electron chi connectivity index (χ4n) is 3.65. The van der Waals surface area contributed by atoms with Gasteiger partial charge < -0.3 is 19.5 Å². The van der Waals surface area contributed by atoms with Gasteiger partial charge in [0.25, 0.3) is 0 Å². The van der Waals surface area contributed by atoms with Crippen molar-refractivity contribution in [1.82, 2.24) is 20.2 Å². The molecule has 1 fully saturated rings. The van der Waals surface area contributed by atoms with Gasteiger partial charge in [0.1, 0.15) is 29.7 Å². The molecule has 1 saturated heterocycles. The molecule has 0 unspecified atom stereocenters. The van der Waals surface area contributed by atoms with Crippen molar-refractivity contribution in [2.45, 2.75) is 19.4 Å². The van der Waals surface area contributed by atoms with E-state index in [1.54, 1.807) is 13.4 Å². The summed E-state index contributed by atoms with van der Waals surface area (Å²) in [5.74, 6) is 1.88. The van der Waals surface area contributed by atoms with Crippen molar-refractivity contribution in [3.63, 3.8) is 0 Å². The van der Waals surface area contributed by atoms with Gasteiger partial charge in [-0.15, -0.1) is 0 Å². The summed E-state index contributed by atoms with van der Waals surface area (Å²) < 4.78 is 11.1. The lowest BCUT2D eigenvalue weighted by Gasteiger charge is -2.17. The van der Waals surface area contributed by atoms with Crippen LogP contribution in [-0.2, 0) is 4.74 Å². The Labute approximate surface area is 169 Å². The number of aliphatic hydroxyl groups is 1. The fraction of sp³-hybridized carbons (Fsp3) is 0.381. The molecule has 0 aliphatic carbocycles. The smallest absolute Gasteiger partial charge is 0.132 e. The van der Waals surface area contributed by atoms with Gasteiger partial charge in [0.15, 0.2) is 0 Å². The molecule has 4 rings (SSSR count). The summed E-state index contributed by atoms with van der Waals surface area (Å²) in [4.78, 5) is 11.0. The Morgan fingerprint density at radius 2 is 2.24 bits per heavy atom. The molecule has 29 heavy (non-hydrogen) atoms. The Bertz CT molecular complexity index is 1020. The predicted octanol–water partition coefficient (Wildman–Crippen LogP) is 3.33. The van der Waals surface area contributed by atoms with Crippen LogP contribution in [-0.4, -0.2) is 58.2 Å². The Hall–Kier alpha value is -3.13. The minimum absolute atomic E-state index is 0.0529. The van der Waals surface area contributed by atoms with Crippen LogP contribution in [0.4, 0.5) is 5.82 Å². The van der Waals surface area contributed by atoms with Gasteiger partial charge in [0.05, 0.1) is 23.6 Å². The molecule has 152 valence electrons. The number of methoxy groups -OCH3 is 1. The van der Waals surface area contributed by atoms with Gasteiger partial charge in [0, 0.05) is 37.6 Å². The van der Waals surface area contributed by atoms with Crippen LogP contribution in [0, 0.1) is 5.92 Å². The van der Waals surface area contributed by atoms with E-state index in [0.29, 0.717) is 13.2 Å². The van der Waals surface area contributed by atoms with Gasteiger partial charge >= 0.3 is 0 Å². The number of H-pyrrole nitrogens is 1. The van der Waals surface area contributed by atoms with Crippen LogP contribution < -0.4 is 9.64 Å². The molecule has 0 saturated carbocycles. The van der Waals surface area contributed by atoms with Crippen molar-refractivity contribution in [3.05, 3.63) is 42.9 Å². The van der Waals surface area contributed by atoms with Crippen LogP contribution >= 0.6 is 0 Å². The molecule has 8 nitrogen and oxygen atoms in total. The molecule has 1 aromatic carbocycles. The Morgan fingerprint density at radius 3 is 3.00 bits per heavy atom. The van der Waals surface area contributed by atoms with E-state index in [1.807, 2.05) is 31.2 Å². The van der Waals surface area contributed by atoms with Gasteiger partial charge in [-0.3, -0.25) is 5.10 Å². The third-order valence-electron chi connectivity index (χ3n) is 5.15. The SMILES string of the molecule is C=C(O)[C@H]1CCN(c2cc(-c3n[nH]c4ccc(O[C@@H](C)COC)cc34)ncn2)C1. The largest absolute Gasteiger partial charge is 0.513 e. The number of aromatic nitrogens is 4. The van der Waals surface area contributed by atoms with E-state index in [1.165, 1.54) is 0 Å².